The van der Waals surface area contributed by atoms with Gasteiger partial charge >= 0.3 is 21.7 Å². The summed E-state index contributed by atoms with van der Waals surface area (Å²) in [6.07, 6.45) is 2.44. The van der Waals surface area contributed by atoms with Crippen LogP contribution in [0.5, 0.6) is 11.5 Å². The fourth-order valence-electron chi connectivity index (χ4n) is 2.59. The van der Waals surface area contributed by atoms with Gasteiger partial charge in [0, 0.05) is 62.7 Å². The number of anilines is 2. The van der Waals surface area contributed by atoms with Gasteiger partial charge in [-0.25, -0.2) is 0 Å². The van der Waals surface area contributed by atoms with Crippen molar-refractivity contribution in [3.63, 3.8) is 0 Å². The molecule has 0 fully saturated rings. The molecule has 0 unspecified atom stereocenters. The second-order valence-electron chi connectivity index (χ2n) is 15.5. The van der Waals surface area contributed by atoms with Gasteiger partial charge in [-0.05, 0) is 45.9 Å². The summed E-state index contributed by atoms with van der Waals surface area (Å²) < 4.78 is 0. The van der Waals surface area contributed by atoms with Gasteiger partial charge in [0.2, 0.25) is 0 Å². The van der Waals surface area contributed by atoms with E-state index in [1.54, 1.807) is 24.3 Å². The van der Waals surface area contributed by atoms with E-state index in [2.05, 4.69) is 0 Å². The smallest absolute Gasteiger partial charge is 0.872 e. The number of ketones is 4. The van der Waals surface area contributed by atoms with Crippen LogP contribution >= 0.6 is 0 Å². The molecule has 0 saturated heterocycles. The molecular formula is C38H58N2O6Ti. The third kappa shape index (κ3) is 22.1. The van der Waals surface area contributed by atoms with E-state index in [9.17, 15) is 29.4 Å². The zero-order chi connectivity index (χ0) is 36.8. The van der Waals surface area contributed by atoms with E-state index in [1.807, 2.05) is 145 Å². The van der Waals surface area contributed by atoms with Crippen molar-refractivity contribution in [1.82, 2.24) is 0 Å². The van der Waals surface area contributed by atoms with Crippen molar-refractivity contribution in [2.24, 2.45) is 21.7 Å². The Morgan fingerprint density at radius 1 is 0.447 bits per heavy atom. The van der Waals surface area contributed by atoms with E-state index in [1.165, 1.54) is 12.8 Å². The van der Waals surface area contributed by atoms with E-state index < -0.39 is 21.7 Å². The summed E-state index contributed by atoms with van der Waals surface area (Å²) in [7, 11) is 7.78. The Labute approximate surface area is 300 Å². The van der Waals surface area contributed by atoms with Crippen LogP contribution in [0.2, 0.25) is 0 Å². The van der Waals surface area contributed by atoms with Crippen LogP contribution in [-0.2, 0) is 40.9 Å². The molecule has 0 bridgehead atoms. The molecule has 0 radical (unpaired) electrons. The Bertz CT molecular complexity index is 1090. The number of carbonyl (C=O) groups excluding carboxylic acids is 4. The van der Waals surface area contributed by atoms with Gasteiger partial charge in [0.05, 0.1) is 0 Å². The summed E-state index contributed by atoms with van der Waals surface area (Å²) in [6, 6.07) is 13.5. The molecule has 2 aromatic rings. The molecule has 0 spiro atoms. The van der Waals surface area contributed by atoms with Gasteiger partial charge < -0.3 is 39.2 Å². The van der Waals surface area contributed by atoms with Gasteiger partial charge in [0.15, 0.2) is 0 Å². The molecule has 0 heterocycles. The van der Waals surface area contributed by atoms with E-state index in [0.29, 0.717) is 0 Å². The molecule has 0 atom stereocenters. The fraction of sp³-hybridized carbons (Fsp3) is 0.526. The van der Waals surface area contributed by atoms with Gasteiger partial charge in [0.25, 0.3) is 0 Å². The van der Waals surface area contributed by atoms with Crippen molar-refractivity contribution in [3.05, 3.63) is 61.4 Å². The van der Waals surface area contributed by atoms with Crippen LogP contribution in [-0.4, -0.2) is 51.3 Å². The summed E-state index contributed by atoms with van der Waals surface area (Å²) >= 11 is 0. The largest absolute Gasteiger partial charge is 4.00 e. The zero-order valence-corrected chi connectivity index (χ0v) is 33.2. The SMILES string of the molecule is CC(C)(C)C(=O)[CH-]C(=O)C(C)(C)C.CC(C)(C)C(=O)[CH-]C(=O)C(C)(C)C.CN(C)c1ccc([O-])cc1.CN(C)c1ccc([O-])cc1.[Ti+4]. The maximum absolute atomic E-state index is 11.4. The van der Waals surface area contributed by atoms with Crippen LogP contribution in [0.3, 0.4) is 0 Å². The molecule has 2 aromatic carbocycles. The predicted octanol–water partition coefficient (Wildman–Crippen LogP) is 6.49. The van der Waals surface area contributed by atoms with E-state index in [4.69, 9.17) is 0 Å². The van der Waals surface area contributed by atoms with Gasteiger partial charge in [-0.1, -0.05) is 107 Å². The molecule has 0 aliphatic heterocycles. The van der Waals surface area contributed by atoms with E-state index in [-0.39, 0.29) is 56.3 Å². The van der Waals surface area contributed by atoms with Gasteiger partial charge in [-0.2, -0.15) is 0 Å². The normalized spacial score (nSPS) is 10.9. The number of hydrogen-bond donors (Lipinski definition) is 0. The summed E-state index contributed by atoms with van der Waals surface area (Å²) in [6.45, 7) is 21.7. The average Bonchev–Trinajstić information content (AvgIpc) is 2.88. The molecule has 260 valence electrons. The number of Topliss-reactive ketones (excluding diaryl/α,β-unsaturated/α-hetero) is 4. The third-order valence-electron chi connectivity index (χ3n) is 6.19. The molecule has 0 aromatic heterocycles. The second-order valence-corrected chi connectivity index (χ2v) is 15.5. The number of rotatable bonds is 6. The Hall–Kier alpha value is -3.23. The van der Waals surface area contributed by atoms with Crippen molar-refractivity contribution in [2.75, 3.05) is 38.0 Å². The Morgan fingerprint density at radius 3 is 0.745 bits per heavy atom. The first-order valence-electron chi connectivity index (χ1n) is 15.3. The summed E-state index contributed by atoms with van der Waals surface area (Å²) in [5.41, 5.74) is 0.281. The summed E-state index contributed by atoms with van der Waals surface area (Å²) in [5.74, 6) is -0.295. The standard InChI is InChI=1S/2C11H19O2.2C8H11NO.Ti/c2*1-10(2,3)8(12)7-9(13)11(4,5)6;2*1-9(2)7-3-5-8(10)6-4-7;/h2*7H,1-6H3;2*3-6,10H,1-2H3;/q2*-1;;;+4/p-2. The van der Waals surface area contributed by atoms with Gasteiger partial charge in [0.1, 0.15) is 0 Å². The van der Waals surface area contributed by atoms with Crippen LogP contribution in [0.25, 0.3) is 0 Å². The minimum absolute atomic E-state index is 0. The summed E-state index contributed by atoms with van der Waals surface area (Å²) in [5, 5.41) is 21.3. The van der Waals surface area contributed by atoms with Crippen molar-refractivity contribution in [2.45, 2.75) is 83.1 Å². The van der Waals surface area contributed by atoms with Crippen molar-refractivity contribution in [1.29, 1.82) is 0 Å². The predicted molar refractivity (Wildman–Crippen MR) is 187 cm³/mol. The Morgan fingerprint density at radius 2 is 0.617 bits per heavy atom. The second kappa shape index (κ2) is 20.2. The number of carbonyl (C=O) groups is 4. The Balaban J connectivity index is -0.000000548. The van der Waals surface area contributed by atoms with E-state index in [0.717, 1.165) is 11.4 Å². The van der Waals surface area contributed by atoms with Crippen LogP contribution in [0.4, 0.5) is 11.4 Å². The molecule has 9 heteroatoms. The third-order valence-corrected chi connectivity index (χ3v) is 6.19. The molecule has 0 aliphatic rings. The molecule has 8 nitrogen and oxygen atoms in total. The molecule has 0 N–H and O–H groups in total. The van der Waals surface area contributed by atoms with E-state index >= 15 is 0 Å². The number of nitrogens with zero attached hydrogens (tertiary/aromatic N) is 2. The minimum atomic E-state index is -0.457. The van der Waals surface area contributed by atoms with Crippen molar-refractivity contribution >= 4 is 34.5 Å². The minimum Gasteiger partial charge on any atom is -0.872 e. The zero-order valence-electron chi connectivity index (χ0n) is 31.6. The van der Waals surface area contributed by atoms with Crippen LogP contribution in [0.15, 0.2) is 48.5 Å². The molecule has 0 aliphatic carbocycles. The first-order valence-corrected chi connectivity index (χ1v) is 15.3. The van der Waals surface area contributed by atoms with Crippen molar-refractivity contribution < 1.29 is 51.1 Å². The molecule has 47 heavy (non-hydrogen) atoms. The van der Waals surface area contributed by atoms with Crippen molar-refractivity contribution in [3.8, 4) is 11.5 Å². The average molecular weight is 687 g/mol. The van der Waals surface area contributed by atoms with Crippen LogP contribution in [0, 0.1) is 34.5 Å². The fourth-order valence-corrected chi connectivity index (χ4v) is 2.59. The maximum Gasteiger partial charge on any atom is 4.00 e. The summed E-state index contributed by atoms with van der Waals surface area (Å²) in [4.78, 5) is 49.7. The molecule has 0 amide bonds. The van der Waals surface area contributed by atoms with Crippen LogP contribution < -0.4 is 20.0 Å². The maximum atomic E-state index is 11.4. The topological polar surface area (TPSA) is 121 Å². The molecule has 0 saturated carbocycles. The first kappa shape index (κ1) is 48.2. The number of benzene rings is 2. The Kier molecular flexibility index (Phi) is 20.7. The molecule has 2 rings (SSSR count). The van der Waals surface area contributed by atoms with Crippen LogP contribution in [0.1, 0.15) is 83.1 Å². The number of hydrogen-bond acceptors (Lipinski definition) is 8. The van der Waals surface area contributed by atoms with Gasteiger partial charge in [-0.3, -0.25) is 12.8 Å². The molecular weight excluding hydrogens is 628 g/mol. The quantitative estimate of drug-likeness (QED) is 0.192. The monoisotopic (exact) mass is 686 g/mol. The first-order chi connectivity index (χ1) is 20.5. The van der Waals surface area contributed by atoms with Gasteiger partial charge in [-0.15, -0.1) is 11.5 Å².